The van der Waals surface area contributed by atoms with E-state index in [2.05, 4.69) is 29.3 Å². The van der Waals surface area contributed by atoms with E-state index in [1.807, 2.05) is 18.2 Å². The highest BCUT2D eigenvalue weighted by molar-refractivity contribution is 5.92. The highest BCUT2D eigenvalue weighted by atomic mass is 16.3. The first-order valence-corrected chi connectivity index (χ1v) is 8.95. The SMILES string of the molecule is CCc1ccc(-c2ccc(C(=O)NC3CN4CCC3CC4)o2)cc1. The number of carbonyl (C=O) groups excluding carboxylic acids is 1. The predicted molar refractivity (Wildman–Crippen MR) is 93.9 cm³/mol. The third kappa shape index (κ3) is 2.98. The lowest BCUT2D eigenvalue weighted by molar-refractivity contribution is 0.0606. The van der Waals surface area contributed by atoms with Crippen LogP contribution < -0.4 is 5.32 Å². The molecule has 4 heteroatoms. The summed E-state index contributed by atoms with van der Waals surface area (Å²) in [6, 6.07) is 12.2. The predicted octanol–water partition coefficient (Wildman–Crippen LogP) is 3.33. The van der Waals surface area contributed by atoms with Crippen LogP contribution in [-0.2, 0) is 6.42 Å². The zero-order valence-electron chi connectivity index (χ0n) is 14.1. The Morgan fingerprint density at radius 1 is 1.17 bits per heavy atom. The van der Waals surface area contributed by atoms with Gasteiger partial charge in [-0.05, 0) is 56.0 Å². The lowest BCUT2D eigenvalue weighted by Crippen LogP contribution is -2.57. The van der Waals surface area contributed by atoms with Gasteiger partial charge < -0.3 is 14.6 Å². The van der Waals surface area contributed by atoms with Crippen LogP contribution in [0.1, 0.15) is 35.9 Å². The number of carbonyl (C=O) groups is 1. The molecule has 3 saturated heterocycles. The van der Waals surface area contributed by atoms with Crippen molar-refractivity contribution in [3.05, 3.63) is 47.7 Å². The summed E-state index contributed by atoms with van der Waals surface area (Å²) >= 11 is 0. The Hall–Kier alpha value is -2.07. The number of amides is 1. The molecule has 1 aromatic carbocycles. The molecule has 0 spiro atoms. The molecule has 3 fully saturated rings. The number of piperidine rings is 3. The minimum Gasteiger partial charge on any atom is -0.451 e. The van der Waals surface area contributed by atoms with Crippen LogP contribution in [0.4, 0.5) is 0 Å². The normalized spacial score (nSPS) is 25.6. The molecule has 1 unspecified atom stereocenters. The van der Waals surface area contributed by atoms with Gasteiger partial charge in [0.2, 0.25) is 0 Å². The number of aryl methyl sites for hydroxylation is 1. The minimum atomic E-state index is -0.0924. The van der Waals surface area contributed by atoms with Crippen LogP contribution in [0.2, 0.25) is 0 Å². The van der Waals surface area contributed by atoms with Crippen molar-refractivity contribution in [2.24, 2.45) is 5.92 Å². The molecule has 1 atom stereocenters. The summed E-state index contributed by atoms with van der Waals surface area (Å²) in [7, 11) is 0. The van der Waals surface area contributed by atoms with E-state index in [9.17, 15) is 4.79 Å². The number of nitrogens with zero attached hydrogens (tertiary/aromatic N) is 1. The van der Waals surface area contributed by atoms with Crippen LogP contribution in [0.15, 0.2) is 40.8 Å². The van der Waals surface area contributed by atoms with Gasteiger partial charge in [0.1, 0.15) is 5.76 Å². The Balaban J connectivity index is 1.44. The quantitative estimate of drug-likeness (QED) is 0.938. The van der Waals surface area contributed by atoms with Crippen LogP contribution in [0, 0.1) is 5.92 Å². The molecule has 3 aliphatic rings. The maximum Gasteiger partial charge on any atom is 0.287 e. The molecule has 2 aromatic rings. The van der Waals surface area contributed by atoms with Crippen LogP contribution in [-0.4, -0.2) is 36.5 Å². The Kier molecular flexibility index (Phi) is 4.15. The third-order valence-corrected chi connectivity index (χ3v) is 5.45. The molecule has 1 aromatic heterocycles. The largest absolute Gasteiger partial charge is 0.451 e. The maximum absolute atomic E-state index is 12.5. The summed E-state index contributed by atoms with van der Waals surface area (Å²) < 4.78 is 5.80. The van der Waals surface area contributed by atoms with Gasteiger partial charge in [0.25, 0.3) is 5.91 Å². The smallest absolute Gasteiger partial charge is 0.287 e. The summed E-state index contributed by atoms with van der Waals surface area (Å²) in [4.78, 5) is 14.9. The van der Waals surface area contributed by atoms with Crippen LogP contribution in [0.3, 0.4) is 0 Å². The lowest BCUT2D eigenvalue weighted by Gasteiger charge is -2.44. The van der Waals surface area contributed by atoms with E-state index in [1.165, 1.54) is 31.5 Å². The van der Waals surface area contributed by atoms with Crippen LogP contribution >= 0.6 is 0 Å². The number of hydrogen-bond acceptors (Lipinski definition) is 3. The average Bonchev–Trinajstić information content (AvgIpc) is 3.13. The van der Waals surface area contributed by atoms with Crippen LogP contribution in [0.25, 0.3) is 11.3 Å². The Morgan fingerprint density at radius 2 is 1.92 bits per heavy atom. The van der Waals surface area contributed by atoms with Gasteiger partial charge in [0.05, 0.1) is 0 Å². The second kappa shape index (κ2) is 6.44. The van der Waals surface area contributed by atoms with Crippen molar-refractivity contribution in [2.45, 2.75) is 32.2 Å². The molecular formula is C20H24N2O2. The summed E-state index contributed by atoms with van der Waals surface area (Å²) in [6.45, 7) is 5.46. The molecule has 5 rings (SSSR count). The molecule has 4 heterocycles. The summed E-state index contributed by atoms with van der Waals surface area (Å²) in [5.74, 6) is 1.68. The first-order chi connectivity index (χ1) is 11.7. The maximum atomic E-state index is 12.5. The summed E-state index contributed by atoms with van der Waals surface area (Å²) in [6.07, 6.45) is 3.40. The molecule has 0 aliphatic carbocycles. The fraction of sp³-hybridized carbons (Fsp3) is 0.450. The van der Waals surface area contributed by atoms with Crippen molar-refractivity contribution in [3.63, 3.8) is 0 Å². The number of rotatable bonds is 4. The van der Waals surface area contributed by atoms with E-state index in [0.717, 1.165) is 24.3 Å². The lowest BCUT2D eigenvalue weighted by atomic mass is 9.84. The van der Waals surface area contributed by atoms with Gasteiger partial charge in [-0.15, -0.1) is 0 Å². The van der Waals surface area contributed by atoms with Crippen molar-refractivity contribution in [1.82, 2.24) is 10.2 Å². The fourth-order valence-electron chi connectivity index (χ4n) is 3.89. The van der Waals surface area contributed by atoms with Gasteiger partial charge in [-0.2, -0.15) is 0 Å². The summed E-state index contributed by atoms with van der Waals surface area (Å²) in [5.41, 5.74) is 2.31. The standard InChI is InChI=1S/C20H24N2O2/c1-2-14-3-5-16(6-4-14)18-7-8-19(24-18)20(23)21-17-13-22-11-9-15(17)10-12-22/h3-8,15,17H,2,9-13H2,1H3,(H,21,23). The first kappa shape index (κ1) is 15.5. The molecule has 0 saturated carbocycles. The average molecular weight is 324 g/mol. The van der Waals surface area contributed by atoms with E-state index in [0.29, 0.717) is 11.7 Å². The van der Waals surface area contributed by atoms with E-state index in [1.54, 1.807) is 6.07 Å². The van der Waals surface area contributed by atoms with Crippen molar-refractivity contribution in [1.29, 1.82) is 0 Å². The Bertz CT molecular complexity index is 711. The van der Waals surface area contributed by atoms with Gasteiger partial charge in [-0.3, -0.25) is 4.79 Å². The van der Waals surface area contributed by atoms with Crippen molar-refractivity contribution >= 4 is 5.91 Å². The molecule has 2 bridgehead atoms. The highest BCUT2D eigenvalue weighted by Gasteiger charge is 2.35. The molecule has 126 valence electrons. The van der Waals surface area contributed by atoms with E-state index >= 15 is 0 Å². The summed E-state index contributed by atoms with van der Waals surface area (Å²) in [5, 5.41) is 3.18. The van der Waals surface area contributed by atoms with Gasteiger partial charge in [-0.25, -0.2) is 0 Å². The highest BCUT2D eigenvalue weighted by Crippen LogP contribution is 2.28. The van der Waals surface area contributed by atoms with E-state index in [-0.39, 0.29) is 11.9 Å². The number of nitrogens with one attached hydrogen (secondary N) is 1. The topological polar surface area (TPSA) is 45.5 Å². The van der Waals surface area contributed by atoms with E-state index < -0.39 is 0 Å². The minimum absolute atomic E-state index is 0.0924. The zero-order chi connectivity index (χ0) is 16.5. The van der Waals surface area contributed by atoms with Crippen LogP contribution in [0.5, 0.6) is 0 Å². The number of benzene rings is 1. The first-order valence-electron chi connectivity index (χ1n) is 8.95. The van der Waals surface area contributed by atoms with Crippen molar-refractivity contribution in [3.8, 4) is 11.3 Å². The Labute approximate surface area is 142 Å². The molecule has 1 N–H and O–H groups in total. The molecule has 0 radical (unpaired) electrons. The van der Waals surface area contributed by atoms with E-state index in [4.69, 9.17) is 4.42 Å². The van der Waals surface area contributed by atoms with Crippen molar-refractivity contribution < 1.29 is 9.21 Å². The molecule has 4 nitrogen and oxygen atoms in total. The van der Waals surface area contributed by atoms with Crippen molar-refractivity contribution in [2.75, 3.05) is 19.6 Å². The number of hydrogen-bond donors (Lipinski definition) is 1. The monoisotopic (exact) mass is 324 g/mol. The molecule has 3 aliphatic heterocycles. The molecule has 24 heavy (non-hydrogen) atoms. The molecular weight excluding hydrogens is 300 g/mol. The van der Waals surface area contributed by atoms with Gasteiger partial charge in [0.15, 0.2) is 5.76 Å². The fourth-order valence-corrected chi connectivity index (χ4v) is 3.89. The zero-order valence-corrected chi connectivity index (χ0v) is 14.1. The van der Waals surface area contributed by atoms with Gasteiger partial charge in [0, 0.05) is 18.2 Å². The number of furan rings is 1. The molecule has 1 amide bonds. The third-order valence-electron chi connectivity index (χ3n) is 5.45. The number of fused-ring (bicyclic) bond motifs is 3. The van der Waals surface area contributed by atoms with Gasteiger partial charge in [-0.1, -0.05) is 31.2 Å². The van der Waals surface area contributed by atoms with Gasteiger partial charge >= 0.3 is 0 Å². The second-order valence-corrected chi connectivity index (χ2v) is 6.93. The second-order valence-electron chi connectivity index (χ2n) is 6.93. The Morgan fingerprint density at radius 3 is 2.54 bits per heavy atom.